The number of hydrogen-bond acceptors (Lipinski definition) is 5. The van der Waals surface area contributed by atoms with E-state index in [4.69, 9.17) is 10.5 Å². The van der Waals surface area contributed by atoms with Gasteiger partial charge in [-0.15, -0.1) is 0 Å². The van der Waals surface area contributed by atoms with Crippen LogP contribution in [0.4, 0.5) is 0 Å². The number of hydrogen-bond donors (Lipinski definition) is 2. The van der Waals surface area contributed by atoms with Gasteiger partial charge in [-0.2, -0.15) is 0 Å². The minimum atomic E-state index is -3.67. The topological polar surface area (TPSA) is 108 Å². The van der Waals surface area contributed by atoms with Gasteiger partial charge in [-0.3, -0.25) is 9.79 Å². The maximum absolute atomic E-state index is 12.2. The quantitative estimate of drug-likeness (QED) is 0.764. The second kappa shape index (κ2) is 4.56. The van der Waals surface area contributed by atoms with Gasteiger partial charge in [-0.1, -0.05) is 0 Å². The highest BCUT2D eigenvalue weighted by molar-refractivity contribution is 7.94. The molecule has 1 aliphatic heterocycles. The van der Waals surface area contributed by atoms with Crippen LogP contribution in [-0.4, -0.2) is 41.5 Å². The van der Waals surface area contributed by atoms with Gasteiger partial charge in [0.25, 0.3) is 0 Å². The Morgan fingerprint density at radius 1 is 1.65 bits per heavy atom. The standard InChI is InChI=1S/C10H16N2O4S/c1-7(2)17(15,16)10(5-3-9(13)14)8(11)4-6-12-10/h6-7,11H,3-5H2,1-2H3,(H,13,14). The van der Waals surface area contributed by atoms with E-state index in [-0.39, 0.29) is 25.0 Å². The molecule has 0 aromatic heterocycles. The zero-order valence-corrected chi connectivity index (χ0v) is 10.6. The van der Waals surface area contributed by atoms with Crippen molar-refractivity contribution in [2.75, 3.05) is 0 Å². The second-order valence-corrected chi connectivity index (χ2v) is 6.97. The number of aliphatic carboxylic acids is 1. The van der Waals surface area contributed by atoms with Crippen LogP contribution in [0.1, 0.15) is 33.1 Å². The fourth-order valence-electron chi connectivity index (χ4n) is 1.79. The van der Waals surface area contributed by atoms with E-state index in [9.17, 15) is 13.2 Å². The molecule has 1 rings (SSSR count). The van der Waals surface area contributed by atoms with Crippen molar-refractivity contribution in [3.05, 3.63) is 0 Å². The number of nitrogens with one attached hydrogen (secondary N) is 1. The number of aliphatic imine (C=N–C) groups is 1. The first kappa shape index (κ1) is 13.8. The first-order valence-corrected chi connectivity index (χ1v) is 6.85. The molecule has 0 aliphatic carbocycles. The summed E-state index contributed by atoms with van der Waals surface area (Å²) in [5.41, 5.74) is -0.0348. The van der Waals surface area contributed by atoms with E-state index in [0.717, 1.165) is 0 Å². The molecule has 0 aromatic carbocycles. The van der Waals surface area contributed by atoms with Crippen molar-refractivity contribution in [3.8, 4) is 0 Å². The molecule has 1 heterocycles. The van der Waals surface area contributed by atoms with Gasteiger partial charge in [0.1, 0.15) is 0 Å². The molecular formula is C10H16N2O4S. The number of carboxylic acid groups (broad SMARTS) is 1. The van der Waals surface area contributed by atoms with Crippen LogP contribution in [0.25, 0.3) is 0 Å². The first-order valence-electron chi connectivity index (χ1n) is 5.31. The van der Waals surface area contributed by atoms with Crippen molar-refractivity contribution in [2.45, 2.75) is 43.2 Å². The van der Waals surface area contributed by atoms with Crippen LogP contribution in [0.15, 0.2) is 4.99 Å². The third-order valence-corrected chi connectivity index (χ3v) is 5.57. The lowest BCUT2D eigenvalue weighted by atomic mass is 10.1. The monoisotopic (exact) mass is 260 g/mol. The third kappa shape index (κ3) is 2.24. The largest absolute Gasteiger partial charge is 0.481 e. The zero-order valence-electron chi connectivity index (χ0n) is 9.80. The molecule has 0 spiro atoms. The Bertz CT molecular complexity index is 467. The molecule has 1 aliphatic rings. The lowest BCUT2D eigenvalue weighted by molar-refractivity contribution is -0.137. The number of carboxylic acids is 1. The summed E-state index contributed by atoms with van der Waals surface area (Å²) in [6, 6.07) is 0. The molecule has 17 heavy (non-hydrogen) atoms. The van der Waals surface area contributed by atoms with Crippen molar-refractivity contribution in [3.63, 3.8) is 0 Å². The molecule has 0 amide bonds. The summed E-state index contributed by atoms with van der Waals surface area (Å²) in [6.07, 6.45) is 1.07. The van der Waals surface area contributed by atoms with Crippen molar-refractivity contribution in [1.29, 1.82) is 5.41 Å². The SMILES string of the molecule is CC(C)S(=O)(=O)C1(CCC(=O)O)N=CCC1=N. The lowest BCUT2D eigenvalue weighted by Crippen LogP contribution is -2.45. The number of nitrogens with zero attached hydrogens (tertiary/aromatic N) is 1. The van der Waals surface area contributed by atoms with Gasteiger partial charge in [0.15, 0.2) is 14.7 Å². The van der Waals surface area contributed by atoms with Crippen molar-refractivity contribution in [1.82, 2.24) is 0 Å². The molecule has 2 N–H and O–H groups in total. The fourth-order valence-corrected chi connectivity index (χ4v) is 3.61. The molecule has 0 saturated carbocycles. The first-order chi connectivity index (χ1) is 7.74. The van der Waals surface area contributed by atoms with Crippen LogP contribution in [0.2, 0.25) is 0 Å². The second-order valence-electron chi connectivity index (χ2n) is 4.27. The molecule has 0 bridgehead atoms. The predicted octanol–water partition coefficient (Wildman–Crippen LogP) is 0.865. The van der Waals surface area contributed by atoms with Crippen LogP contribution < -0.4 is 0 Å². The highest BCUT2D eigenvalue weighted by Gasteiger charge is 2.50. The summed E-state index contributed by atoms with van der Waals surface area (Å²) in [5, 5.41) is 15.7. The van der Waals surface area contributed by atoms with Crippen LogP contribution in [0, 0.1) is 5.41 Å². The summed E-state index contributed by atoms with van der Waals surface area (Å²) < 4.78 is 24.5. The van der Waals surface area contributed by atoms with Gasteiger partial charge in [0.2, 0.25) is 0 Å². The Kier molecular flexibility index (Phi) is 3.71. The Morgan fingerprint density at radius 3 is 2.59 bits per heavy atom. The normalized spacial score (nSPS) is 24.5. The summed E-state index contributed by atoms with van der Waals surface area (Å²) >= 11 is 0. The smallest absolute Gasteiger partial charge is 0.303 e. The predicted molar refractivity (Wildman–Crippen MR) is 64.5 cm³/mol. The highest BCUT2D eigenvalue weighted by Crippen LogP contribution is 2.34. The molecule has 0 saturated heterocycles. The molecule has 96 valence electrons. The van der Waals surface area contributed by atoms with E-state index in [1.54, 1.807) is 0 Å². The minimum absolute atomic E-state index is 0.0348. The minimum Gasteiger partial charge on any atom is -0.481 e. The van der Waals surface area contributed by atoms with E-state index in [1.165, 1.54) is 20.1 Å². The van der Waals surface area contributed by atoms with E-state index in [0.29, 0.717) is 0 Å². The fraction of sp³-hybridized carbons (Fsp3) is 0.700. The van der Waals surface area contributed by atoms with Crippen LogP contribution in [0.5, 0.6) is 0 Å². The molecular weight excluding hydrogens is 244 g/mol. The van der Waals surface area contributed by atoms with Crippen LogP contribution in [0.3, 0.4) is 0 Å². The van der Waals surface area contributed by atoms with Gasteiger partial charge < -0.3 is 10.5 Å². The number of carbonyl (C=O) groups is 1. The summed E-state index contributed by atoms with van der Waals surface area (Å²) in [5.74, 6) is -1.08. The zero-order chi connectivity index (χ0) is 13.3. The van der Waals surface area contributed by atoms with Gasteiger partial charge >= 0.3 is 5.97 Å². The molecule has 6 nitrogen and oxygen atoms in total. The maximum Gasteiger partial charge on any atom is 0.303 e. The van der Waals surface area contributed by atoms with E-state index in [2.05, 4.69) is 4.99 Å². The summed E-state index contributed by atoms with van der Waals surface area (Å²) in [4.78, 5) is 12.8. The molecule has 1 unspecified atom stereocenters. The van der Waals surface area contributed by atoms with Gasteiger partial charge in [-0.25, -0.2) is 8.42 Å². The van der Waals surface area contributed by atoms with E-state index >= 15 is 0 Å². The number of rotatable bonds is 5. The average molecular weight is 260 g/mol. The third-order valence-electron chi connectivity index (χ3n) is 2.84. The Labute approximate surface area is 100 Å². The average Bonchev–Trinajstić information content (AvgIpc) is 2.58. The van der Waals surface area contributed by atoms with Crippen molar-refractivity contribution in [2.24, 2.45) is 4.99 Å². The van der Waals surface area contributed by atoms with Gasteiger partial charge in [0.05, 0.1) is 11.0 Å². The maximum atomic E-state index is 12.2. The molecule has 7 heteroatoms. The van der Waals surface area contributed by atoms with Gasteiger partial charge in [0, 0.05) is 25.5 Å². The Hall–Kier alpha value is -1.24. The van der Waals surface area contributed by atoms with Crippen molar-refractivity contribution >= 4 is 27.7 Å². The van der Waals surface area contributed by atoms with E-state index in [1.807, 2.05) is 0 Å². The molecule has 1 atom stereocenters. The summed E-state index contributed by atoms with van der Waals surface area (Å²) in [6.45, 7) is 3.03. The molecule has 0 aromatic rings. The van der Waals surface area contributed by atoms with Crippen LogP contribution >= 0.6 is 0 Å². The number of sulfone groups is 1. The molecule has 0 fully saturated rings. The van der Waals surface area contributed by atoms with Crippen LogP contribution in [-0.2, 0) is 14.6 Å². The van der Waals surface area contributed by atoms with Crippen molar-refractivity contribution < 1.29 is 18.3 Å². The Morgan fingerprint density at radius 2 is 2.24 bits per heavy atom. The lowest BCUT2D eigenvalue weighted by Gasteiger charge is -2.28. The summed E-state index contributed by atoms with van der Waals surface area (Å²) in [7, 11) is -3.67. The highest BCUT2D eigenvalue weighted by atomic mass is 32.2. The molecule has 0 radical (unpaired) electrons. The van der Waals surface area contributed by atoms with E-state index < -0.39 is 25.9 Å². The van der Waals surface area contributed by atoms with Gasteiger partial charge in [-0.05, 0) is 13.8 Å². The Balaban J connectivity index is 3.17.